The van der Waals surface area contributed by atoms with Gasteiger partial charge >= 0.3 is 98.8 Å². The van der Waals surface area contributed by atoms with Crippen molar-refractivity contribution in [1.29, 1.82) is 0 Å². The Morgan fingerprint density at radius 3 is 1.43 bits per heavy atom. The van der Waals surface area contributed by atoms with Gasteiger partial charge in [-0.05, 0) is 0 Å². The molecule has 1 heteroatoms. The van der Waals surface area contributed by atoms with Crippen LogP contribution >= 0.6 is 0 Å². The molecule has 0 aromatic heterocycles. The molecule has 0 fully saturated rings. The molecule has 0 rings (SSSR count). The summed E-state index contributed by atoms with van der Waals surface area (Å²) in [4.78, 5) is 0. The van der Waals surface area contributed by atoms with Crippen LogP contribution in [0.15, 0.2) is 0 Å². The van der Waals surface area contributed by atoms with Crippen LogP contribution < -0.4 is 0 Å². The van der Waals surface area contributed by atoms with E-state index in [1.165, 1.54) is 38.5 Å². The summed E-state index contributed by atoms with van der Waals surface area (Å²) in [5, 5.41) is 0. The van der Waals surface area contributed by atoms with Crippen LogP contribution in [0.1, 0.15) is 65.7 Å². The molecule has 0 radical (unpaired) electrons. The first-order chi connectivity index (χ1) is 6.85. The van der Waals surface area contributed by atoms with Crippen LogP contribution in [0, 0.1) is 0 Å². The fraction of sp³-hybridized carbons (Fsp3) is 1.00. The summed E-state index contributed by atoms with van der Waals surface area (Å²) in [6, 6.07) is 0. The molecule has 0 aliphatic rings. The maximum atomic E-state index is 2.34. The van der Waals surface area contributed by atoms with E-state index in [9.17, 15) is 0 Å². The van der Waals surface area contributed by atoms with Crippen molar-refractivity contribution in [2.24, 2.45) is 0 Å². The Bertz CT molecular complexity index is 93.4. The third-order valence-electron chi connectivity index (χ3n) is 2.90. The molecule has 0 N–H and O–H groups in total. The summed E-state index contributed by atoms with van der Waals surface area (Å²) in [5.41, 5.74) is 0. The Morgan fingerprint density at radius 1 is 0.571 bits per heavy atom. The van der Waals surface area contributed by atoms with Crippen LogP contribution in [0.5, 0.6) is 0 Å². The SMILES string of the molecule is CCCC[CH2][Sn+]([CH2]CCC)[CH2]CCC. The van der Waals surface area contributed by atoms with Crippen molar-refractivity contribution in [1.82, 2.24) is 0 Å². The topological polar surface area (TPSA) is 0 Å². The normalized spacial score (nSPS) is 10.5. The molecule has 84 valence electrons. The summed E-state index contributed by atoms with van der Waals surface area (Å²) in [5.74, 6) is 0. The molecule has 0 spiro atoms. The van der Waals surface area contributed by atoms with E-state index < -0.39 is 19.8 Å². The van der Waals surface area contributed by atoms with E-state index in [0.717, 1.165) is 0 Å². The number of hydrogen-bond donors (Lipinski definition) is 0. The van der Waals surface area contributed by atoms with Gasteiger partial charge in [-0.25, -0.2) is 0 Å². The second-order valence-corrected chi connectivity index (χ2v) is 13.0. The van der Waals surface area contributed by atoms with Gasteiger partial charge in [0.25, 0.3) is 0 Å². The predicted octanol–water partition coefficient (Wildman–Crippen LogP) is 5.27. The van der Waals surface area contributed by atoms with Gasteiger partial charge in [0.2, 0.25) is 0 Å². The third-order valence-corrected chi connectivity index (χ3v) is 12.0. The van der Waals surface area contributed by atoms with Crippen LogP contribution in [0.25, 0.3) is 0 Å². The molecular weight excluding hydrogens is 275 g/mol. The van der Waals surface area contributed by atoms with E-state index in [4.69, 9.17) is 0 Å². The van der Waals surface area contributed by atoms with Gasteiger partial charge in [-0.15, -0.1) is 0 Å². The molecule has 0 heterocycles. The van der Waals surface area contributed by atoms with Crippen molar-refractivity contribution in [3.05, 3.63) is 0 Å². The molecule has 0 saturated carbocycles. The number of hydrogen-bond acceptors (Lipinski definition) is 0. The molecule has 14 heavy (non-hydrogen) atoms. The Kier molecular flexibility index (Phi) is 12.5. The van der Waals surface area contributed by atoms with Crippen LogP contribution in [0.3, 0.4) is 0 Å². The van der Waals surface area contributed by atoms with E-state index in [0.29, 0.717) is 0 Å². The summed E-state index contributed by atoms with van der Waals surface area (Å²) in [6.45, 7) is 7.00. The molecule has 0 nitrogen and oxygen atoms in total. The van der Waals surface area contributed by atoms with Crippen molar-refractivity contribution in [3.63, 3.8) is 0 Å². The Labute approximate surface area is 98.6 Å². The van der Waals surface area contributed by atoms with Gasteiger partial charge in [0.15, 0.2) is 0 Å². The molecular formula is C13H29Sn+. The minimum atomic E-state index is -0.860. The first-order valence-electron chi connectivity index (χ1n) is 6.68. The van der Waals surface area contributed by atoms with Crippen molar-refractivity contribution in [3.8, 4) is 0 Å². The molecule has 0 aromatic carbocycles. The Balaban J connectivity index is 3.49. The van der Waals surface area contributed by atoms with Gasteiger partial charge in [0.1, 0.15) is 0 Å². The van der Waals surface area contributed by atoms with Crippen molar-refractivity contribution < 1.29 is 0 Å². The zero-order chi connectivity index (χ0) is 10.6. The van der Waals surface area contributed by atoms with E-state index in [-0.39, 0.29) is 0 Å². The summed E-state index contributed by atoms with van der Waals surface area (Å²) >= 11 is -0.860. The molecule has 0 aliphatic heterocycles. The van der Waals surface area contributed by atoms with E-state index in [1.807, 2.05) is 0 Å². The third kappa shape index (κ3) is 9.36. The first-order valence-corrected chi connectivity index (χ1v) is 12.7. The average molecular weight is 304 g/mol. The molecule has 0 saturated heterocycles. The van der Waals surface area contributed by atoms with Crippen molar-refractivity contribution in [2.75, 3.05) is 0 Å². The van der Waals surface area contributed by atoms with Crippen LogP contribution in [-0.4, -0.2) is 19.8 Å². The van der Waals surface area contributed by atoms with E-state index in [1.54, 1.807) is 19.7 Å². The van der Waals surface area contributed by atoms with Gasteiger partial charge in [0.05, 0.1) is 0 Å². The predicted molar refractivity (Wildman–Crippen MR) is 69.5 cm³/mol. The zero-order valence-electron chi connectivity index (χ0n) is 10.6. The quantitative estimate of drug-likeness (QED) is 0.381. The Hall–Kier alpha value is 0.799. The van der Waals surface area contributed by atoms with Crippen molar-refractivity contribution in [2.45, 2.75) is 79.0 Å². The molecule has 0 unspecified atom stereocenters. The van der Waals surface area contributed by atoms with Gasteiger partial charge in [0, 0.05) is 0 Å². The van der Waals surface area contributed by atoms with E-state index >= 15 is 0 Å². The van der Waals surface area contributed by atoms with Crippen LogP contribution in [0.2, 0.25) is 13.3 Å². The second kappa shape index (κ2) is 11.9. The maximum absolute atomic E-state index is 2.34. The average Bonchev–Trinajstić information content (AvgIpc) is 2.21. The molecule has 0 bridgehead atoms. The summed E-state index contributed by atoms with van der Waals surface area (Å²) in [7, 11) is 0. The molecule has 0 atom stereocenters. The first kappa shape index (κ1) is 14.8. The fourth-order valence-corrected chi connectivity index (χ4v) is 11.0. The molecule has 0 aliphatic carbocycles. The van der Waals surface area contributed by atoms with Crippen molar-refractivity contribution >= 4 is 19.8 Å². The minimum absolute atomic E-state index is 0.860. The number of unbranched alkanes of at least 4 members (excludes halogenated alkanes) is 4. The molecule has 0 amide bonds. The Morgan fingerprint density at radius 2 is 1.00 bits per heavy atom. The zero-order valence-corrected chi connectivity index (χ0v) is 13.4. The van der Waals surface area contributed by atoms with Gasteiger partial charge in [-0.2, -0.15) is 0 Å². The monoisotopic (exact) mass is 305 g/mol. The van der Waals surface area contributed by atoms with Gasteiger partial charge in [-0.1, -0.05) is 0 Å². The summed E-state index contributed by atoms with van der Waals surface area (Å²) in [6.07, 6.45) is 10.3. The van der Waals surface area contributed by atoms with E-state index in [2.05, 4.69) is 20.8 Å². The standard InChI is InChI=1S/C5H11.2C4H9.Sn/c1-3-5-4-2;2*1-3-4-2;/h1,3-5H2,2H3;2*1,3-4H2,2H3;/q;;;+1. The van der Waals surface area contributed by atoms with Crippen LogP contribution in [-0.2, 0) is 0 Å². The molecule has 0 aromatic rings. The number of rotatable bonds is 10. The fourth-order valence-electron chi connectivity index (χ4n) is 1.85. The second-order valence-electron chi connectivity index (χ2n) is 4.41. The van der Waals surface area contributed by atoms with Gasteiger partial charge < -0.3 is 0 Å². The van der Waals surface area contributed by atoms with Gasteiger partial charge in [-0.3, -0.25) is 0 Å². The summed E-state index contributed by atoms with van der Waals surface area (Å²) < 4.78 is 5.06. The van der Waals surface area contributed by atoms with Crippen LogP contribution in [0.4, 0.5) is 0 Å².